The fraction of sp³-hybridized carbons (Fsp3) is 0.333. The summed E-state index contributed by atoms with van der Waals surface area (Å²) in [5, 5.41) is 0. The Balaban J connectivity index is 0.000000148. The third kappa shape index (κ3) is 3.55. The summed E-state index contributed by atoms with van der Waals surface area (Å²) >= 11 is 0. The Bertz CT molecular complexity index is 1420. The molecule has 2 aliphatic heterocycles. The van der Waals surface area contributed by atoms with E-state index >= 15 is 0 Å². The van der Waals surface area contributed by atoms with Crippen LogP contribution < -0.4 is 0 Å². The van der Waals surface area contributed by atoms with Crippen molar-refractivity contribution in [3.8, 4) is 0 Å². The first-order valence-electron chi connectivity index (χ1n) is 12.1. The first-order chi connectivity index (χ1) is 16.9. The number of fused-ring (bicyclic) bond motifs is 3. The fourth-order valence-corrected chi connectivity index (χ4v) is 5.08. The van der Waals surface area contributed by atoms with Gasteiger partial charge in [0.2, 0.25) is 17.3 Å². The quantitative estimate of drug-likeness (QED) is 0.458. The van der Waals surface area contributed by atoms with Gasteiger partial charge in [0.05, 0.1) is 5.57 Å². The molecule has 1 atom stereocenters. The summed E-state index contributed by atoms with van der Waals surface area (Å²) in [5.41, 5.74) is 2.43. The number of ether oxygens (including phenoxy) is 2. The molecule has 6 nitrogen and oxygen atoms in total. The predicted octanol–water partition coefficient (Wildman–Crippen LogP) is 5.52. The molecule has 6 rings (SSSR count). The molecule has 0 saturated heterocycles. The molecule has 184 valence electrons. The van der Waals surface area contributed by atoms with Crippen LogP contribution in [0.1, 0.15) is 84.1 Å². The van der Waals surface area contributed by atoms with Crippen LogP contribution in [0.5, 0.6) is 0 Å². The second-order valence-electron chi connectivity index (χ2n) is 10.8. The summed E-state index contributed by atoms with van der Waals surface area (Å²) in [7, 11) is 0. The van der Waals surface area contributed by atoms with Crippen LogP contribution in [0.4, 0.5) is 0 Å². The zero-order chi connectivity index (χ0) is 26.0. The topological polar surface area (TPSA) is 86.7 Å². The average Bonchev–Trinajstić information content (AvgIpc) is 3.09. The molecule has 2 heterocycles. The number of carbonyl (C=O) groups excluding carboxylic acids is 4. The van der Waals surface area contributed by atoms with Crippen molar-refractivity contribution in [2.45, 2.75) is 59.2 Å². The highest BCUT2D eigenvalue weighted by molar-refractivity contribution is 6.52. The standard InChI is InChI=1S/2C15H14O3/c1-8-15(2,3)11-13(17)12(16)9-6-4-5-7-10(9)14(11)18-8;1-15(2)8-7-11-12(16)9-5-3-4-6-10(9)13(17)14(11)18-15/h4-8H,1-3H3;3-6H,7-8H2,1-2H3. The van der Waals surface area contributed by atoms with Gasteiger partial charge in [0.1, 0.15) is 17.5 Å². The summed E-state index contributed by atoms with van der Waals surface area (Å²) in [6.45, 7) is 9.70. The molecule has 0 radical (unpaired) electrons. The lowest BCUT2D eigenvalue weighted by molar-refractivity contribution is -0.112. The van der Waals surface area contributed by atoms with E-state index in [1.807, 2.05) is 46.8 Å². The number of benzene rings is 2. The second kappa shape index (κ2) is 8.12. The van der Waals surface area contributed by atoms with E-state index in [9.17, 15) is 19.2 Å². The van der Waals surface area contributed by atoms with E-state index in [0.717, 1.165) is 12.0 Å². The van der Waals surface area contributed by atoms with Crippen molar-refractivity contribution in [2.24, 2.45) is 5.41 Å². The van der Waals surface area contributed by atoms with Gasteiger partial charge in [-0.2, -0.15) is 0 Å². The SMILES string of the molecule is CC1(C)CCC2=C(O1)C(=O)c1ccccc1C2=O.CC1OC2=C(C(=O)C(=O)c3ccccc32)C1(C)C. The van der Waals surface area contributed by atoms with Crippen molar-refractivity contribution in [1.82, 2.24) is 0 Å². The van der Waals surface area contributed by atoms with Crippen LogP contribution >= 0.6 is 0 Å². The van der Waals surface area contributed by atoms with E-state index in [1.54, 1.807) is 36.4 Å². The number of allylic oxidation sites excluding steroid dienone is 2. The third-order valence-corrected chi connectivity index (χ3v) is 7.56. The largest absolute Gasteiger partial charge is 0.489 e. The van der Waals surface area contributed by atoms with Gasteiger partial charge in [0.25, 0.3) is 0 Å². The molecule has 1 unspecified atom stereocenters. The Morgan fingerprint density at radius 2 is 1.22 bits per heavy atom. The molecule has 36 heavy (non-hydrogen) atoms. The van der Waals surface area contributed by atoms with Gasteiger partial charge in [-0.15, -0.1) is 0 Å². The molecule has 6 heteroatoms. The van der Waals surface area contributed by atoms with Crippen LogP contribution in [0, 0.1) is 5.41 Å². The monoisotopic (exact) mass is 484 g/mol. The normalized spacial score (nSPS) is 23.0. The number of hydrogen-bond donors (Lipinski definition) is 0. The Kier molecular flexibility index (Phi) is 5.39. The van der Waals surface area contributed by atoms with Gasteiger partial charge in [-0.1, -0.05) is 62.4 Å². The highest BCUT2D eigenvalue weighted by atomic mass is 16.5. The van der Waals surface area contributed by atoms with Crippen molar-refractivity contribution >= 4 is 28.9 Å². The molecule has 0 aromatic heterocycles. The molecule has 2 aromatic rings. The first kappa shape index (κ1) is 23.9. The Morgan fingerprint density at radius 1 is 0.694 bits per heavy atom. The maximum atomic E-state index is 12.3. The highest BCUT2D eigenvalue weighted by Gasteiger charge is 2.49. The van der Waals surface area contributed by atoms with Crippen molar-refractivity contribution in [3.63, 3.8) is 0 Å². The van der Waals surface area contributed by atoms with Gasteiger partial charge in [-0.3, -0.25) is 19.2 Å². The summed E-state index contributed by atoms with van der Waals surface area (Å²) in [5.74, 6) is -0.209. The molecule has 4 aliphatic rings. The van der Waals surface area contributed by atoms with E-state index in [-0.39, 0.29) is 29.0 Å². The number of hydrogen-bond acceptors (Lipinski definition) is 6. The lowest BCUT2D eigenvalue weighted by atomic mass is 9.74. The number of rotatable bonds is 0. The molecule has 0 amide bonds. The molecular formula is C30H28O6. The second-order valence-corrected chi connectivity index (χ2v) is 10.8. The van der Waals surface area contributed by atoms with Crippen molar-refractivity contribution in [3.05, 3.63) is 87.7 Å². The van der Waals surface area contributed by atoms with Crippen molar-refractivity contribution < 1.29 is 28.7 Å². The van der Waals surface area contributed by atoms with Crippen LogP contribution in [-0.4, -0.2) is 34.8 Å². The molecule has 0 bridgehead atoms. The zero-order valence-corrected chi connectivity index (χ0v) is 21.1. The van der Waals surface area contributed by atoms with E-state index in [0.29, 0.717) is 40.0 Å². The van der Waals surface area contributed by atoms with E-state index in [2.05, 4.69) is 0 Å². The minimum atomic E-state index is -0.421. The van der Waals surface area contributed by atoms with E-state index in [4.69, 9.17) is 9.47 Å². The molecule has 0 fully saturated rings. The van der Waals surface area contributed by atoms with Crippen LogP contribution in [0.15, 0.2) is 65.4 Å². The summed E-state index contributed by atoms with van der Waals surface area (Å²) in [4.78, 5) is 49.0. The van der Waals surface area contributed by atoms with E-state index in [1.165, 1.54) is 0 Å². The van der Waals surface area contributed by atoms with Gasteiger partial charge < -0.3 is 9.47 Å². The molecule has 2 aromatic carbocycles. The first-order valence-corrected chi connectivity index (χ1v) is 12.1. The molecule has 2 aliphatic carbocycles. The molecule has 0 saturated carbocycles. The predicted molar refractivity (Wildman–Crippen MR) is 134 cm³/mol. The molecule has 0 N–H and O–H groups in total. The highest BCUT2D eigenvalue weighted by Crippen LogP contribution is 2.48. The van der Waals surface area contributed by atoms with Crippen molar-refractivity contribution in [2.75, 3.05) is 0 Å². The van der Waals surface area contributed by atoms with Crippen LogP contribution in [0.25, 0.3) is 5.76 Å². The van der Waals surface area contributed by atoms with Crippen LogP contribution in [0.2, 0.25) is 0 Å². The summed E-state index contributed by atoms with van der Waals surface area (Å²) in [6.07, 6.45) is 1.26. The molecular weight excluding hydrogens is 456 g/mol. The number of ketones is 4. The maximum absolute atomic E-state index is 12.3. The minimum absolute atomic E-state index is 0.0595. The number of carbonyl (C=O) groups is 4. The van der Waals surface area contributed by atoms with Gasteiger partial charge >= 0.3 is 0 Å². The Hall–Kier alpha value is -3.80. The van der Waals surface area contributed by atoms with Gasteiger partial charge in [0.15, 0.2) is 11.5 Å². The van der Waals surface area contributed by atoms with Crippen LogP contribution in [-0.2, 0) is 14.3 Å². The Morgan fingerprint density at radius 3 is 1.83 bits per heavy atom. The van der Waals surface area contributed by atoms with E-state index < -0.39 is 17.0 Å². The van der Waals surface area contributed by atoms with Gasteiger partial charge in [-0.05, 0) is 33.6 Å². The van der Waals surface area contributed by atoms with Gasteiger partial charge in [-0.25, -0.2) is 0 Å². The maximum Gasteiger partial charge on any atom is 0.234 e. The van der Waals surface area contributed by atoms with Crippen molar-refractivity contribution in [1.29, 1.82) is 0 Å². The lowest BCUT2D eigenvalue weighted by Crippen LogP contribution is -2.35. The van der Waals surface area contributed by atoms with Crippen LogP contribution in [0.3, 0.4) is 0 Å². The molecule has 0 spiro atoms. The summed E-state index contributed by atoms with van der Waals surface area (Å²) < 4.78 is 11.6. The smallest absolute Gasteiger partial charge is 0.234 e. The average molecular weight is 485 g/mol. The lowest BCUT2D eigenvalue weighted by Gasteiger charge is -2.35. The zero-order valence-electron chi connectivity index (χ0n) is 21.1. The third-order valence-electron chi connectivity index (χ3n) is 7.56. The van der Waals surface area contributed by atoms with Gasteiger partial charge in [0, 0.05) is 33.2 Å². The summed E-state index contributed by atoms with van der Waals surface area (Å²) in [6, 6.07) is 14.1. The minimum Gasteiger partial charge on any atom is -0.489 e. The Labute approximate surface area is 210 Å². The fourth-order valence-electron chi connectivity index (χ4n) is 5.08. The number of Topliss-reactive ketones (excluding diaryl/α,β-unsaturated/α-hetero) is 4.